The molecular formula is C17H17BrFNO2S. The van der Waals surface area contributed by atoms with Crippen molar-refractivity contribution < 1.29 is 13.4 Å². The predicted molar refractivity (Wildman–Crippen MR) is 94.1 cm³/mol. The molecule has 2 aromatic rings. The van der Waals surface area contributed by atoms with Gasteiger partial charge in [0.15, 0.2) is 0 Å². The molecule has 2 rings (SSSR count). The van der Waals surface area contributed by atoms with Gasteiger partial charge in [-0.25, -0.2) is 4.39 Å². The van der Waals surface area contributed by atoms with Gasteiger partial charge in [0.2, 0.25) is 0 Å². The molecule has 0 N–H and O–H groups in total. The number of benzene rings is 2. The van der Waals surface area contributed by atoms with Gasteiger partial charge in [-0.1, -0.05) is 28.1 Å². The Labute approximate surface area is 146 Å². The zero-order valence-electron chi connectivity index (χ0n) is 12.9. The van der Waals surface area contributed by atoms with Crippen LogP contribution in [0.2, 0.25) is 0 Å². The SMILES string of the molecule is CN(Cc1cc(Br)ccc1F)C(=O)c1cccc(CS(C)=O)c1. The molecule has 23 heavy (non-hydrogen) atoms. The van der Waals surface area contributed by atoms with Gasteiger partial charge in [0.05, 0.1) is 0 Å². The number of carbonyl (C=O) groups excluding carboxylic acids is 1. The Hall–Kier alpha value is -1.53. The second kappa shape index (κ2) is 7.84. The molecule has 6 heteroatoms. The van der Waals surface area contributed by atoms with Crippen LogP contribution < -0.4 is 0 Å². The Balaban J connectivity index is 2.16. The molecule has 0 saturated carbocycles. The van der Waals surface area contributed by atoms with Gasteiger partial charge in [-0.05, 0) is 35.9 Å². The highest BCUT2D eigenvalue weighted by atomic mass is 79.9. The Morgan fingerprint density at radius 2 is 2.00 bits per heavy atom. The number of hydrogen-bond donors (Lipinski definition) is 0. The van der Waals surface area contributed by atoms with Crippen molar-refractivity contribution >= 4 is 32.6 Å². The lowest BCUT2D eigenvalue weighted by Crippen LogP contribution is -2.26. The quantitative estimate of drug-likeness (QED) is 0.770. The molecule has 0 aliphatic carbocycles. The molecule has 0 aliphatic heterocycles. The standard InChI is InChI=1S/C17H17BrFNO2S/c1-20(10-14-9-15(18)6-7-16(14)19)17(21)13-5-3-4-12(8-13)11-23(2)22/h3-9H,10-11H2,1-2H3. The van der Waals surface area contributed by atoms with E-state index in [9.17, 15) is 13.4 Å². The monoisotopic (exact) mass is 397 g/mol. The van der Waals surface area contributed by atoms with Crippen molar-refractivity contribution in [3.63, 3.8) is 0 Å². The summed E-state index contributed by atoms with van der Waals surface area (Å²) in [6.07, 6.45) is 1.62. The van der Waals surface area contributed by atoms with Crippen LogP contribution in [0.15, 0.2) is 46.9 Å². The average Bonchev–Trinajstić information content (AvgIpc) is 2.49. The molecule has 0 spiro atoms. The number of rotatable bonds is 5. The molecule has 0 fully saturated rings. The second-order valence-electron chi connectivity index (χ2n) is 5.31. The normalized spacial score (nSPS) is 12.0. The fourth-order valence-corrected chi connectivity index (χ4v) is 3.30. The van der Waals surface area contributed by atoms with Crippen LogP contribution in [0.25, 0.3) is 0 Å². The molecule has 2 aromatic carbocycles. The van der Waals surface area contributed by atoms with Crippen molar-refractivity contribution in [3.8, 4) is 0 Å². The summed E-state index contributed by atoms with van der Waals surface area (Å²) in [5, 5.41) is 0. The van der Waals surface area contributed by atoms with Crippen LogP contribution in [-0.4, -0.2) is 28.3 Å². The molecule has 3 nitrogen and oxygen atoms in total. The molecule has 1 amide bonds. The summed E-state index contributed by atoms with van der Waals surface area (Å²) in [5.74, 6) is -0.137. The van der Waals surface area contributed by atoms with Crippen LogP contribution in [0.3, 0.4) is 0 Å². The third kappa shape index (κ3) is 4.97. The Morgan fingerprint density at radius 1 is 1.26 bits per heavy atom. The topological polar surface area (TPSA) is 37.4 Å². The van der Waals surface area contributed by atoms with Gasteiger partial charge >= 0.3 is 0 Å². The zero-order chi connectivity index (χ0) is 17.0. The minimum absolute atomic E-state index is 0.175. The maximum absolute atomic E-state index is 13.8. The lowest BCUT2D eigenvalue weighted by Gasteiger charge is -2.18. The minimum Gasteiger partial charge on any atom is -0.337 e. The molecule has 0 heterocycles. The molecule has 0 radical (unpaired) electrons. The highest BCUT2D eigenvalue weighted by Crippen LogP contribution is 2.18. The number of carbonyl (C=O) groups is 1. The summed E-state index contributed by atoms with van der Waals surface area (Å²) in [5.41, 5.74) is 1.80. The largest absolute Gasteiger partial charge is 0.337 e. The van der Waals surface area contributed by atoms with Gasteiger partial charge in [-0.2, -0.15) is 0 Å². The van der Waals surface area contributed by atoms with E-state index in [4.69, 9.17) is 0 Å². The average molecular weight is 398 g/mol. The number of nitrogens with zero attached hydrogens (tertiary/aromatic N) is 1. The van der Waals surface area contributed by atoms with Crippen molar-refractivity contribution in [2.45, 2.75) is 12.3 Å². The maximum Gasteiger partial charge on any atom is 0.253 e. The van der Waals surface area contributed by atoms with Crippen LogP contribution in [-0.2, 0) is 23.1 Å². The predicted octanol–water partition coefficient (Wildman–Crippen LogP) is 3.74. The molecule has 1 atom stereocenters. The number of halogens is 2. The fourth-order valence-electron chi connectivity index (χ4n) is 2.24. The molecule has 0 aromatic heterocycles. The summed E-state index contributed by atoms with van der Waals surface area (Å²) >= 11 is 3.30. The third-order valence-corrected chi connectivity index (χ3v) is 4.54. The first-order valence-electron chi connectivity index (χ1n) is 6.95. The Morgan fingerprint density at radius 3 is 2.70 bits per heavy atom. The zero-order valence-corrected chi connectivity index (χ0v) is 15.3. The summed E-state index contributed by atoms with van der Waals surface area (Å²) in [4.78, 5) is 14.0. The molecule has 0 aliphatic rings. The van der Waals surface area contributed by atoms with Crippen LogP contribution in [0.5, 0.6) is 0 Å². The minimum atomic E-state index is -0.966. The lowest BCUT2D eigenvalue weighted by atomic mass is 10.1. The summed E-state index contributed by atoms with van der Waals surface area (Å²) < 4.78 is 25.9. The van der Waals surface area contributed by atoms with Gasteiger partial charge in [0, 0.05) is 52.0 Å². The lowest BCUT2D eigenvalue weighted by molar-refractivity contribution is 0.0783. The van der Waals surface area contributed by atoms with Crippen molar-refractivity contribution in [3.05, 3.63) is 69.4 Å². The molecular weight excluding hydrogens is 381 g/mol. The Bertz CT molecular complexity index is 751. The van der Waals surface area contributed by atoms with E-state index in [1.54, 1.807) is 43.6 Å². The van der Waals surface area contributed by atoms with Gasteiger partial charge in [0.1, 0.15) is 5.82 Å². The number of amides is 1. The van der Waals surface area contributed by atoms with Crippen molar-refractivity contribution in [1.29, 1.82) is 0 Å². The second-order valence-corrected chi connectivity index (χ2v) is 7.67. The maximum atomic E-state index is 13.8. The van der Waals surface area contributed by atoms with Gasteiger partial charge < -0.3 is 4.90 Å². The van der Waals surface area contributed by atoms with Crippen LogP contribution in [0.1, 0.15) is 21.5 Å². The first-order valence-corrected chi connectivity index (χ1v) is 9.47. The van der Waals surface area contributed by atoms with Crippen LogP contribution in [0.4, 0.5) is 4.39 Å². The molecule has 0 saturated heterocycles. The number of hydrogen-bond acceptors (Lipinski definition) is 2. The van der Waals surface area contributed by atoms with Crippen molar-refractivity contribution in [2.24, 2.45) is 0 Å². The van der Waals surface area contributed by atoms with E-state index >= 15 is 0 Å². The Kier molecular flexibility index (Phi) is 6.07. The van der Waals surface area contributed by atoms with E-state index in [-0.39, 0.29) is 18.3 Å². The first kappa shape index (κ1) is 17.8. The molecule has 1 unspecified atom stereocenters. The van der Waals surface area contributed by atoms with E-state index in [1.807, 2.05) is 6.07 Å². The van der Waals surface area contributed by atoms with Crippen molar-refractivity contribution in [2.75, 3.05) is 13.3 Å². The van der Waals surface area contributed by atoms with E-state index < -0.39 is 10.8 Å². The van der Waals surface area contributed by atoms with Crippen molar-refractivity contribution in [1.82, 2.24) is 4.90 Å². The van der Waals surface area contributed by atoms with Crippen LogP contribution in [0, 0.1) is 5.82 Å². The van der Waals surface area contributed by atoms with Crippen LogP contribution >= 0.6 is 15.9 Å². The highest BCUT2D eigenvalue weighted by Gasteiger charge is 2.14. The highest BCUT2D eigenvalue weighted by molar-refractivity contribution is 9.10. The summed E-state index contributed by atoms with van der Waals surface area (Å²) in [6.45, 7) is 0.175. The van der Waals surface area contributed by atoms with Gasteiger partial charge in [0.25, 0.3) is 5.91 Å². The van der Waals surface area contributed by atoms with Gasteiger partial charge in [-0.3, -0.25) is 9.00 Å². The van der Waals surface area contributed by atoms with E-state index in [2.05, 4.69) is 15.9 Å². The van der Waals surface area contributed by atoms with E-state index in [0.717, 1.165) is 10.0 Å². The fraction of sp³-hybridized carbons (Fsp3) is 0.235. The smallest absolute Gasteiger partial charge is 0.253 e. The van der Waals surface area contributed by atoms with E-state index in [1.165, 1.54) is 11.0 Å². The van der Waals surface area contributed by atoms with E-state index in [0.29, 0.717) is 16.9 Å². The molecule has 0 bridgehead atoms. The van der Waals surface area contributed by atoms with Gasteiger partial charge in [-0.15, -0.1) is 0 Å². The summed E-state index contributed by atoms with van der Waals surface area (Å²) in [7, 11) is 0.667. The molecule has 122 valence electrons. The summed E-state index contributed by atoms with van der Waals surface area (Å²) in [6, 6.07) is 11.7. The first-order chi connectivity index (χ1) is 10.9. The third-order valence-electron chi connectivity index (χ3n) is 3.31.